The molecule has 1 amide bonds. The molecule has 5 heteroatoms. The summed E-state index contributed by atoms with van der Waals surface area (Å²) in [5.74, 6) is -0.0373. The van der Waals surface area contributed by atoms with Crippen LogP contribution < -0.4 is 0 Å². The van der Waals surface area contributed by atoms with Crippen LogP contribution in [0.5, 0.6) is 0 Å². The standard InChI is InChI=1S/C10H17NO4/c1-11(2)9(12)6-15-5-7-4-8(7)10(13)14-3/h7-8H,4-6H2,1-3H3/t7-,8+/m1/s1. The first-order valence-corrected chi connectivity index (χ1v) is 4.92. The predicted molar refractivity (Wildman–Crippen MR) is 53.1 cm³/mol. The highest BCUT2D eigenvalue weighted by Gasteiger charge is 2.43. The largest absolute Gasteiger partial charge is 0.469 e. The molecular weight excluding hydrogens is 198 g/mol. The van der Waals surface area contributed by atoms with Gasteiger partial charge in [-0.3, -0.25) is 9.59 Å². The SMILES string of the molecule is COC(=O)[C@H]1C[C@@H]1COCC(=O)N(C)C. The fourth-order valence-corrected chi connectivity index (χ4v) is 1.30. The van der Waals surface area contributed by atoms with Gasteiger partial charge in [-0.15, -0.1) is 0 Å². The van der Waals surface area contributed by atoms with Crippen LogP contribution in [0.4, 0.5) is 0 Å². The van der Waals surface area contributed by atoms with Gasteiger partial charge in [0.2, 0.25) is 5.91 Å². The Morgan fingerprint density at radius 3 is 2.60 bits per heavy atom. The number of carbonyl (C=O) groups excluding carboxylic acids is 2. The van der Waals surface area contributed by atoms with Gasteiger partial charge in [-0.2, -0.15) is 0 Å². The molecule has 0 saturated heterocycles. The van der Waals surface area contributed by atoms with E-state index >= 15 is 0 Å². The van der Waals surface area contributed by atoms with Crippen LogP contribution in [0.1, 0.15) is 6.42 Å². The third kappa shape index (κ3) is 3.51. The first-order valence-electron chi connectivity index (χ1n) is 4.92. The maximum absolute atomic E-state index is 11.1. The first kappa shape index (κ1) is 12.0. The molecule has 86 valence electrons. The quantitative estimate of drug-likeness (QED) is 0.601. The normalized spacial score (nSPS) is 23.4. The number of hydrogen-bond donors (Lipinski definition) is 0. The van der Waals surface area contributed by atoms with Crippen LogP contribution in [-0.4, -0.2) is 51.2 Å². The van der Waals surface area contributed by atoms with Crippen molar-refractivity contribution >= 4 is 11.9 Å². The molecule has 0 heterocycles. The molecule has 0 N–H and O–H groups in total. The molecule has 1 saturated carbocycles. The number of ether oxygens (including phenoxy) is 2. The predicted octanol–water partition coefficient (Wildman–Crippen LogP) is -0.0997. The molecule has 0 aromatic heterocycles. The molecule has 0 aliphatic heterocycles. The van der Waals surface area contributed by atoms with Crippen molar-refractivity contribution in [3.05, 3.63) is 0 Å². The number of methoxy groups -OCH3 is 1. The zero-order valence-electron chi connectivity index (χ0n) is 9.36. The van der Waals surface area contributed by atoms with Crippen LogP contribution in [-0.2, 0) is 19.1 Å². The lowest BCUT2D eigenvalue weighted by Gasteiger charge is -2.09. The van der Waals surface area contributed by atoms with Crippen molar-refractivity contribution in [2.45, 2.75) is 6.42 Å². The van der Waals surface area contributed by atoms with Crippen molar-refractivity contribution in [3.8, 4) is 0 Å². The number of hydrogen-bond acceptors (Lipinski definition) is 4. The molecule has 0 unspecified atom stereocenters. The van der Waals surface area contributed by atoms with Gasteiger partial charge in [0.05, 0.1) is 19.6 Å². The Morgan fingerprint density at radius 1 is 1.40 bits per heavy atom. The summed E-state index contributed by atoms with van der Waals surface area (Å²) < 4.78 is 9.81. The third-order valence-corrected chi connectivity index (χ3v) is 2.48. The maximum atomic E-state index is 11.1. The molecule has 1 rings (SSSR count). The fourth-order valence-electron chi connectivity index (χ4n) is 1.30. The minimum absolute atomic E-state index is 0.0236. The molecule has 5 nitrogen and oxygen atoms in total. The molecule has 2 atom stereocenters. The van der Waals surface area contributed by atoms with Crippen LogP contribution in [0.15, 0.2) is 0 Å². The van der Waals surface area contributed by atoms with Gasteiger partial charge in [0.15, 0.2) is 0 Å². The molecule has 0 aromatic carbocycles. The Morgan fingerprint density at radius 2 is 2.07 bits per heavy atom. The van der Waals surface area contributed by atoms with E-state index in [1.165, 1.54) is 12.0 Å². The Labute approximate surface area is 89.3 Å². The molecule has 0 radical (unpaired) electrons. The summed E-state index contributed by atoms with van der Waals surface area (Å²) in [6, 6.07) is 0. The highest BCUT2D eigenvalue weighted by Crippen LogP contribution is 2.39. The average molecular weight is 215 g/mol. The summed E-state index contributed by atoms with van der Waals surface area (Å²) >= 11 is 0. The van der Waals surface area contributed by atoms with Crippen LogP contribution in [0.3, 0.4) is 0 Å². The second-order valence-electron chi connectivity index (χ2n) is 3.93. The lowest BCUT2D eigenvalue weighted by Crippen LogP contribution is -2.26. The van der Waals surface area contributed by atoms with E-state index in [9.17, 15) is 9.59 Å². The van der Waals surface area contributed by atoms with E-state index in [-0.39, 0.29) is 30.3 Å². The van der Waals surface area contributed by atoms with Gasteiger partial charge in [0.25, 0.3) is 0 Å². The second kappa shape index (κ2) is 5.11. The number of rotatable bonds is 5. The molecular formula is C10H17NO4. The fraction of sp³-hybridized carbons (Fsp3) is 0.800. The second-order valence-corrected chi connectivity index (χ2v) is 3.93. The molecule has 1 fully saturated rings. The van der Waals surface area contributed by atoms with Gasteiger partial charge in [-0.05, 0) is 12.3 Å². The van der Waals surface area contributed by atoms with E-state index in [4.69, 9.17) is 4.74 Å². The lowest BCUT2D eigenvalue weighted by atomic mass is 10.3. The number of carbonyl (C=O) groups is 2. The Hall–Kier alpha value is -1.10. The number of nitrogens with zero attached hydrogens (tertiary/aromatic N) is 1. The van der Waals surface area contributed by atoms with Crippen molar-refractivity contribution in [3.63, 3.8) is 0 Å². The van der Waals surface area contributed by atoms with Gasteiger partial charge in [-0.25, -0.2) is 0 Å². The molecule has 15 heavy (non-hydrogen) atoms. The van der Waals surface area contributed by atoms with Crippen LogP contribution >= 0.6 is 0 Å². The highest BCUT2D eigenvalue weighted by molar-refractivity contribution is 5.77. The Balaban J connectivity index is 2.09. The summed E-state index contributed by atoms with van der Waals surface area (Å²) in [5, 5.41) is 0. The van der Waals surface area contributed by atoms with Crippen LogP contribution in [0.25, 0.3) is 0 Å². The summed E-state index contributed by atoms with van der Waals surface area (Å²) in [6.07, 6.45) is 0.808. The highest BCUT2D eigenvalue weighted by atomic mass is 16.5. The number of amides is 1. The van der Waals surface area contributed by atoms with Gasteiger partial charge in [0.1, 0.15) is 6.61 Å². The average Bonchev–Trinajstić information content (AvgIpc) is 2.96. The van der Waals surface area contributed by atoms with Gasteiger partial charge < -0.3 is 14.4 Å². The van der Waals surface area contributed by atoms with E-state index in [2.05, 4.69) is 4.74 Å². The van der Waals surface area contributed by atoms with Crippen molar-refractivity contribution in [1.29, 1.82) is 0 Å². The topological polar surface area (TPSA) is 55.8 Å². The van der Waals surface area contributed by atoms with Crippen molar-refractivity contribution in [2.75, 3.05) is 34.4 Å². The molecule has 1 aliphatic carbocycles. The summed E-state index contributed by atoms with van der Waals surface area (Å²) in [4.78, 5) is 23.6. The molecule has 0 spiro atoms. The van der Waals surface area contributed by atoms with E-state index in [0.29, 0.717) is 6.61 Å². The number of likely N-dealkylation sites (N-methyl/N-ethyl adjacent to an activating group) is 1. The zero-order valence-corrected chi connectivity index (χ0v) is 9.36. The summed E-state index contributed by atoms with van der Waals surface area (Å²) in [5.41, 5.74) is 0. The van der Waals surface area contributed by atoms with E-state index < -0.39 is 0 Å². The molecule has 1 aliphatic rings. The van der Waals surface area contributed by atoms with Gasteiger partial charge in [0, 0.05) is 14.1 Å². The van der Waals surface area contributed by atoms with Gasteiger partial charge in [-0.1, -0.05) is 0 Å². The third-order valence-electron chi connectivity index (χ3n) is 2.48. The zero-order chi connectivity index (χ0) is 11.4. The Kier molecular flexibility index (Phi) is 4.08. The van der Waals surface area contributed by atoms with E-state index in [1.807, 2.05) is 0 Å². The van der Waals surface area contributed by atoms with Crippen molar-refractivity contribution in [2.24, 2.45) is 11.8 Å². The van der Waals surface area contributed by atoms with Crippen LogP contribution in [0, 0.1) is 11.8 Å². The smallest absolute Gasteiger partial charge is 0.309 e. The Bertz CT molecular complexity index is 252. The minimum atomic E-state index is -0.178. The molecule has 0 aromatic rings. The summed E-state index contributed by atoms with van der Waals surface area (Å²) in [7, 11) is 4.74. The van der Waals surface area contributed by atoms with Crippen molar-refractivity contribution in [1.82, 2.24) is 4.90 Å². The van der Waals surface area contributed by atoms with E-state index in [0.717, 1.165) is 6.42 Å². The minimum Gasteiger partial charge on any atom is -0.469 e. The van der Waals surface area contributed by atoms with Crippen LogP contribution in [0.2, 0.25) is 0 Å². The number of esters is 1. The molecule has 0 bridgehead atoms. The lowest BCUT2D eigenvalue weighted by molar-refractivity contribution is -0.142. The monoisotopic (exact) mass is 215 g/mol. The van der Waals surface area contributed by atoms with E-state index in [1.54, 1.807) is 14.1 Å². The maximum Gasteiger partial charge on any atom is 0.309 e. The summed E-state index contributed by atoms with van der Waals surface area (Å²) in [6.45, 7) is 0.538. The van der Waals surface area contributed by atoms with Gasteiger partial charge >= 0.3 is 5.97 Å². The first-order chi connectivity index (χ1) is 7.06. The van der Waals surface area contributed by atoms with Crippen molar-refractivity contribution < 1.29 is 19.1 Å².